The fraction of sp³-hybridized carbons (Fsp3) is 0.632. The summed E-state index contributed by atoms with van der Waals surface area (Å²) in [7, 11) is 0. The number of carbonyl (C=O) groups excluding carboxylic acids is 4. The minimum atomic E-state index is -0.766. The van der Waals surface area contributed by atoms with Crippen LogP contribution in [0.5, 0.6) is 0 Å². The number of hydrogen-bond acceptors (Lipinski definition) is 6. The highest BCUT2D eigenvalue weighted by atomic mass is 16.5. The molecule has 1 aromatic rings. The molecule has 9 nitrogen and oxygen atoms in total. The zero-order valence-corrected chi connectivity index (χ0v) is 16.9. The first kappa shape index (κ1) is 23.3. The molecule has 9 heteroatoms. The highest BCUT2D eigenvalue weighted by Crippen LogP contribution is 2.16. The summed E-state index contributed by atoms with van der Waals surface area (Å²) in [5.74, 6) is -0.136. The summed E-state index contributed by atoms with van der Waals surface area (Å²) >= 11 is 0. The molecule has 0 unspecified atom stereocenters. The van der Waals surface area contributed by atoms with E-state index in [2.05, 4.69) is 41.9 Å². The second kappa shape index (κ2) is 11.9. The predicted octanol–water partition coefficient (Wildman–Crippen LogP) is 0.975. The second-order valence-electron chi connectivity index (χ2n) is 7.41. The third-order valence-electron chi connectivity index (χ3n) is 3.72. The molecule has 0 aromatic carbocycles. The topological polar surface area (TPSA) is 130 Å². The number of aldehydes is 1. The van der Waals surface area contributed by atoms with Gasteiger partial charge in [0, 0.05) is 18.5 Å². The zero-order valence-electron chi connectivity index (χ0n) is 16.9. The summed E-state index contributed by atoms with van der Waals surface area (Å²) in [6.07, 6.45) is 2.39. The summed E-state index contributed by atoms with van der Waals surface area (Å²) in [4.78, 5) is 46.4. The van der Waals surface area contributed by atoms with Gasteiger partial charge in [-0.25, -0.2) is 0 Å². The molecule has 1 aliphatic rings. The molecule has 2 atom stereocenters. The predicted molar refractivity (Wildman–Crippen MR) is 102 cm³/mol. The summed E-state index contributed by atoms with van der Waals surface area (Å²) in [6, 6.07) is 0.681. The molecule has 0 bridgehead atoms. The van der Waals surface area contributed by atoms with Crippen LogP contribution in [0.2, 0.25) is 0 Å². The van der Waals surface area contributed by atoms with Crippen LogP contribution in [0.25, 0.3) is 0 Å². The maximum Gasteiger partial charge on any atom is 0.273 e. The largest absolute Gasteiger partial charge is 0.361 e. The van der Waals surface area contributed by atoms with Crippen molar-refractivity contribution in [2.24, 2.45) is 11.8 Å². The Balaban J connectivity index is 0.000000892. The van der Waals surface area contributed by atoms with Crippen LogP contribution in [0.3, 0.4) is 0 Å². The van der Waals surface area contributed by atoms with E-state index in [1.807, 2.05) is 0 Å². The van der Waals surface area contributed by atoms with Crippen molar-refractivity contribution < 1.29 is 23.7 Å². The molecule has 3 amide bonds. The zero-order chi connectivity index (χ0) is 21.1. The third-order valence-corrected chi connectivity index (χ3v) is 3.72. The smallest absolute Gasteiger partial charge is 0.273 e. The molecule has 3 N–H and O–H groups in total. The lowest BCUT2D eigenvalue weighted by atomic mass is 9.92. The summed E-state index contributed by atoms with van der Waals surface area (Å²) in [6.45, 7) is 8.49. The van der Waals surface area contributed by atoms with E-state index in [1.54, 1.807) is 6.92 Å². The van der Waals surface area contributed by atoms with E-state index in [0.717, 1.165) is 12.3 Å². The standard InChI is InChI=1S/C15H20N4O5.C4H10/c1-9-5-12(19-24-9)15(23)17-7-13(21)18-11(8-20)6-10-3-2-4-16-14(10)22;1-4(2)3/h5,8,10-11H,2-4,6-7H2,1H3,(H,16,22)(H,17,23)(H,18,21);4H,1-3H3/t10-,11-;/m0./s1. The average molecular weight is 394 g/mol. The fourth-order valence-electron chi connectivity index (χ4n) is 2.50. The highest BCUT2D eigenvalue weighted by Gasteiger charge is 2.26. The van der Waals surface area contributed by atoms with Gasteiger partial charge in [0.25, 0.3) is 5.91 Å². The fourth-order valence-corrected chi connectivity index (χ4v) is 2.50. The van der Waals surface area contributed by atoms with Crippen molar-refractivity contribution in [3.63, 3.8) is 0 Å². The van der Waals surface area contributed by atoms with Gasteiger partial charge in [-0.1, -0.05) is 25.9 Å². The van der Waals surface area contributed by atoms with Crippen LogP contribution in [0, 0.1) is 18.8 Å². The summed E-state index contributed by atoms with van der Waals surface area (Å²) in [5.41, 5.74) is 0.0751. The first-order valence-corrected chi connectivity index (χ1v) is 9.46. The lowest BCUT2D eigenvalue weighted by Gasteiger charge is -2.24. The summed E-state index contributed by atoms with van der Waals surface area (Å²) in [5, 5.41) is 11.2. The van der Waals surface area contributed by atoms with Crippen molar-refractivity contribution in [3.05, 3.63) is 17.5 Å². The van der Waals surface area contributed by atoms with Gasteiger partial charge in [-0.2, -0.15) is 0 Å². The van der Waals surface area contributed by atoms with Crippen LogP contribution in [0.1, 0.15) is 56.3 Å². The Morgan fingerprint density at radius 2 is 2.07 bits per heavy atom. The molecular weight excluding hydrogens is 364 g/mol. The van der Waals surface area contributed by atoms with Gasteiger partial charge in [0.1, 0.15) is 12.0 Å². The maximum atomic E-state index is 11.8. The van der Waals surface area contributed by atoms with Gasteiger partial charge >= 0.3 is 0 Å². The van der Waals surface area contributed by atoms with Gasteiger partial charge in [-0.3, -0.25) is 14.4 Å². The Bertz CT molecular complexity index is 668. The molecule has 1 aromatic heterocycles. The lowest BCUT2D eigenvalue weighted by molar-refractivity contribution is -0.128. The molecule has 2 rings (SSSR count). The minimum absolute atomic E-state index is 0.0751. The van der Waals surface area contributed by atoms with E-state index in [1.165, 1.54) is 6.07 Å². The Labute approximate surface area is 165 Å². The van der Waals surface area contributed by atoms with E-state index in [4.69, 9.17) is 4.52 Å². The van der Waals surface area contributed by atoms with Crippen LogP contribution >= 0.6 is 0 Å². The van der Waals surface area contributed by atoms with Crippen LogP contribution in [-0.2, 0) is 14.4 Å². The van der Waals surface area contributed by atoms with Crippen molar-refractivity contribution in [2.75, 3.05) is 13.1 Å². The molecule has 28 heavy (non-hydrogen) atoms. The minimum Gasteiger partial charge on any atom is -0.361 e. The molecule has 156 valence electrons. The van der Waals surface area contributed by atoms with Gasteiger partial charge in [-0.05, 0) is 32.1 Å². The Hall–Kier alpha value is -2.71. The molecule has 0 radical (unpaired) electrons. The Morgan fingerprint density at radius 3 is 2.61 bits per heavy atom. The quantitative estimate of drug-likeness (QED) is 0.591. The van der Waals surface area contributed by atoms with E-state index in [9.17, 15) is 19.2 Å². The molecule has 0 aliphatic carbocycles. The number of nitrogens with zero attached hydrogens (tertiary/aromatic N) is 1. The number of aromatic nitrogens is 1. The number of carbonyl (C=O) groups is 4. The van der Waals surface area contributed by atoms with E-state index >= 15 is 0 Å². The monoisotopic (exact) mass is 394 g/mol. The molecule has 1 saturated heterocycles. The van der Waals surface area contributed by atoms with E-state index in [0.29, 0.717) is 25.0 Å². The first-order valence-electron chi connectivity index (χ1n) is 9.46. The first-order chi connectivity index (χ1) is 13.2. The molecule has 2 heterocycles. The highest BCUT2D eigenvalue weighted by molar-refractivity contribution is 5.95. The SMILES string of the molecule is CC(C)C.Cc1cc(C(=O)NCC(=O)N[C@H](C=O)C[C@@H]2CCCNC2=O)no1. The summed E-state index contributed by atoms with van der Waals surface area (Å²) < 4.78 is 4.77. The molecule has 1 aliphatic heterocycles. The average Bonchev–Trinajstić information content (AvgIpc) is 3.07. The third kappa shape index (κ3) is 8.79. The van der Waals surface area contributed by atoms with Gasteiger partial charge in [-0.15, -0.1) is 0 Å². The van der Waals surface area contributed by atoms with E-state index < -0.39 is 17.9 Å². The van der Waals surface area contributed by atoms with Gasteiger partial charge in [0.2, 0.25) is 11.8 Å². The van der Waals surface area contributed by atoms with Crippen LogP contribution < -0.4 is 16.0 Å². The van der Waals surface area contributed by atoms with Gasteiger partial charge in [0.15, 0.2) is 5.69 Å². The number of hydrogen-bond donors (Lipinski definition) is 3. The van der Waals surface area contributed by atoms with Crippen molar-refractivity contribution in [1.82, 2.24) is 21.1 Å². The number of amides is 3. The van der Waals surface area contributed by atoms with Crippen molar-refractivity contribution in [1.29, 1.82) is 0 Å². The van der Waals surface area contributed by atoms with Crippen LogP contribution in [0.4, 0.5) is 0 Å². The Kier molecular flexibility index (Phi) is 9.91. The van der Waals surface area contributed by atoms with Gasteiger partial charge in [0.05, 0.1) is 12.6 Å². The van der Waals surface area contributed by atoms with Gasteiger partial charge < -0.3 is 25.3 Å². The molecule has 1 fully saturated rings. The van der Waals surface area contributed by atoms with E-state index in [-0.39, 0.29) is 30.5 Å². The molecular formula is C19H30N4O5. The number of aryl methyl sites for hydroxylation is 1. The molecule has 0 spiro atoms. The number of nitrogens with one attached hydrogen (secondary N) is 3. The van der Waals surface area contributed by atoms with Crippen molar-refractivity contribution in [3.8, 4) is 0 Å². The lowest BCUT2D eigenvalue weighted by Crippen LogP contribution is -2.46. The second-order valence-corrected chi connectivity index (χ2v) is 7.41. The number of rotatable bonds is 7. The van der Waals surface area contributed by atoms with Crippen LogP contribution in [-0.4, -0.2) is 48.3 Å². The maximum absolute atomic E-state index is 11.8. The molecule has 0 saturated carbocycles. The van der Waals surface area contributed by atoms with Crippen molar-refractivity contribution >= 4 is 24.0 Å². The normalized spacial score (nSPS) is 17.0. The Morgan fingerprint density at radius 1 is 1.39 bits per heavy atom. The van der Waals surface area contributed by atoms with Crippen molar-refractivity contribution in [2.45, 2.75) is 53.0 Å². The van der Waals surface area contributed by atoms with Crippen LogP contribution in [0.15, 0.2) is 10.6 Å². The number of piperidine rings is 1.